The number of hydrogen-bond acceptors (Lipinski definition) is 5. The van der Waals surface area contributed by atoms with E-state index >= 15 is 0 Å². The van der Waals surface area contributed by atoms with Gasteiger partial charge in [-0.25, -0.2) is 0 Å². The maximum Gasteiger partial charge on any atom is 0.130 e. The Kier molecular flexibility index (Phi) is 5.99. The van der Waals surface area contributed by atoms with E-state index in [1.54, 1.807) is 6.20 Å². The van der Waals surface area contributed by atoms with Gasteiger partial charge in [0.1, 0.15) is 12.4 Å². The molecule has 0 spiro atoms. The predicted molar refractivity (Wildman–Crippen MR) is 107 cm³/mol. The Labute approximate surface area is 165 Å². The van der Waals surface area contributed by atoms with Gasteiger partial charge in [0, 0.05) is 44.1 Å². The fourth-order valence-corrected chi connectivity index (χ4v) is 3.36. The van der Waals surface area contributed by atoms with Crippen LogP contribution < -0.4 is 4.74 Å². The minimum atomic E-state index is 0.0926. The standard InChI is InChI=1S/C22H26N4O2/c1-2-26-15-19(13-24-26)22-16-25(11-12-27-22)14-18-6-8-21(9-7-18)28-17-20-5-3-4-10-23-20/h3-10,13,15,22H,2,11-12,14,16-17H2,1H3. The van der Waals surface area contributed by atoms with E-state index in [-0.39, 0.29) is 6.10 Å². The third kappa shape index (κ3) is 4.77. The molecule has 2 aromatic heterocycles. The zero-order valence-corrected chi connectivity index (χ0v) is 16.2. The molecule has 28 heavy (non-hydrogen) atoms. The maximum atomic E-state index is 5.96. The zero-order valence-electron chi connectivity index (χ0n) is 16.2. The highest BCUT2D eigenvalue weighted by Gasteiger charge is 2.23. The van der Waals surface area contributed by atoms with Crippen molar-refractivity contribution >= 4 is 0 Å². The summed E-state index contributed by atoms with van der Waals surface area (Å²) in [6.45, 7) is 6.93. The average molecular weight is 378 g/mol. The van der Waals surface area contributed by atoms with Crippen LogP contribution in [-0.4, -0.2) is 39.4 Å². The van der Waals surface area contributed by atoms with Crippen LogP contribution in [0.5, 0.6) is 5.75 Å². The number of pyridine rings is 1. The van der Waals surface area contributed by atoms with E-state index in [0.717, 1.165) is 49.8 Å². The molecule has 1 atom stereocenters. The summed E-state index contributed by atoms with van der Waals surface area (Å²) < 4.78 is 13.7. The van der Waals surface area contributed by atoms with Crippen LogP contribution in [0.3, 0.4) is 0 Å². The molecule has 3 aromatic rings. The molecule has 1 aromatic carbocycles. The quantitative estimate of drug-likeness (QED) is 0.630. The second-order valence-corrected chi connectivity index (χ2v) is 6.98. The van der Waals surface area contributed by atoms with Crippen LogP contribution in [0, 0.1) is 0 Å². The van der Waals surface area contributed by atoms with Gasteiger partial charge in [0.2, 0.25) is 0 Å². The first-order valence-corrected chi connectivity index (χ1v) is 9.78. The van der Waals surface area contributed by atoms with Gasteiger partial charge in [-0.1, -0.05) is 18.2 Å². The number of aryl methyl sites for hydroxylation is 1. The molecule has 0 radical (unpaired) electrons. The molecule has 0 N–H and O–H groups in total. The number of aromatic nitrogens is 3. The van der Waals surface area contributed by atoms with Crippen molar-refractivity contribution in [2.75, 3.05) is 19.7 Å². The number of nitrogens with zero attached hydrogens (tertiary/aromatic N) is 4. The fraction of sp³-hybridized carbons (Fsp3) is 0.364. The van der Waals surface area contributed by atoms with Gasteiger partial charge in [0.25, 0.3) is 0 Å². The number of morpholine rings is 1. The summed E-state index contributed by atoms with van der Waals surface area (Å²) in [5.74, 6) is 0.862. The molecule has 1 fully saturated rings. The first kappa shape index (κ1) is 18.7. The van der Waals surface area contributed by atoms with Gasteiger partial charge in [0.05, 0.1) is 24.6 Å². The van der Waals surface area contributed by atoms with Gasteiger partial charge in [-0.05, 0) is 36.8 Å². The minimum absolute atomic E-state index is 0.0926. The second kappa shape index (κ2) is 8.99. The van der Waals surface area contributed by atoms with Crippen molar-refractivity contribution in [1.29, 1.82) is 0 Å². The van der Waals surface area contributed by atoms with Gasteiger partial charge in [0.15, 0.2) is 0 Å². The largest absolute Gasteiger partial charge is 0.487 e. The molecule has 0 saturated carbocycles. The van der Waals surface area contributed by atoms with Crippen molar-refractivity contribution in [3.8, 4) is 5.75 Å². The Hall–Kier alpha value is -2.70. The SMILES string of the molecule is CCn1cc(C2CN(Cc3ccc(OCc4ccccn4)cc3)CCO2)cn1. The lowest BCUT2D eigenvalue weighted by Gasteiger charge is -2.32. The molecule has 1 aliphatic heterocycles. The summed E-state index contributed by atoms with van der Waals surface area (Å²) >= 11 is 0. The second-order valence-electron chi connectivity index (χ2n) is 6.98. The Morgan fingerprint density at radius 1 is 1.18 bits per heavy atom. The molecule has 0 aliphatic carbocycles. The highest BCUT2D eigenvalue weighted by atomic mass is 16.5. The Bertz CT molecular complexity index is 864. The van der Waals surface area contributed by atoms with Crippen molar-refractivity contribution in [3.05, 3.63) is 77.9 Å². The molecule has 3 heterocycles. The zero-order chi connectivity index (χ0) is 19.2. The summed E-state index contributed by atoms with van der Waals surface area (Å²) in [6.07, 6.45) is 5.88. The topological polar surface area (TPSA) is 52.4 Å². The van der Waals surface area contributed by atoms with E-state index in [1.807, 2.05) is 41.2 Å². The molecule has 0 amide bonds. The van der Waals surface area contributed by atoms with Crippen LogP contribution in [0.25, 0.3) is 0 Å². The number of hydrogen-bond donors (Lipinski definition) is 0. The van der Waals surface area contributed by atoms with E-state index in [0.29, 0.717) is 6.61 Å². The first-order valence-electron chi connectivity index (χ1n) is 9.78. The van der Waals surface area contributed by atoms with Crippen LogP contribution in [0.2, 0.25) is 0 Å². The maximum absolute atomic E-state index is 5.96. The molecule has 1 aliphatic rings. The summed E-state index contributed by atoms with van der Waals surface area (Å²) in [7, 11) is 0. The van der Waals surface area contributed by atoms with E-state index < -0.39 is 0 Å². The number of ether oxygens (including phenoxy) is 2. The normalized spacial score (nSPS) is 17.5. The summed E-state index contributed by atoms with van der Waals surface area (Å²) in [5, 5.41) is 4.37. The third-order valence-corrected chi connectivity index (χ3v) is 4.94. The van der Waals surface area contributed by atoms with E-state index in [9.17, 15) is 0 Å². The molecule has 1 unspecified atom stereocenters. The van der Waals surface area contributed by atoms with Crippen molar-refractivity contribution < 1.29 is 9.47 Å². The Morgan fingerprint density at radius 3 is 2.82 bits per heavy atom. The van der Waals surface area contributed by atoms with Crippen LogP contribution in [0.15, 0.2) is 61.1 Å². The van der Waals surface area contributed by atoms with Gasteiger partial charge in [-0.3, -0.25) is 14.6 Å². The van der Waals surface area contributed by atoms with E-state index in [1.165, 1.54) is 5.56 Å². The third-order valence-electron chi connectivity index (χ3n) is 4.94. The van der Waals surface area contributed by atoms with E-state index in [2.05, 4.69) is 40.2 Å². The highest BCUT2D eigenvalue weighted by molar-refractivity contribution is 5.27. The molecular weight excluding hydrogens is 352 g/mol. The van der Waals surface area contributed by atoms with Crippen molar-refractivity contribution in [3.63, 3.8) is 0 Å². The highest BCUT2D eigenvalue weighted by Crippen LogP contribution is 2.23. The van der Waals surface area contributed by atoms with Crippen LogP contribution in [0.1, 0.15) is 29.8 Å². The number of benzene rings is 1. The lowest BCUT2D eigenvalue weighted by Crippen LogP contribution is -2.37. The van der Waals surface area contributed by atoms with Crippen LogP contribution in [-0.2, 0) is 24.4 Å². The van der Waals surface area contributed by atoms with Gasteiger partial charge < -0.3 is 9.47 Å². The van der Waals surface area contributed by atoms with Crippen LogP contribution >= 0.6 is 0 Å². The molecule has 6 heteroatoms. The number of rotatable bonds is 7. The lowest BCUT2D eigenvalue weighted by molar-refractivity contribution is -0.0329. The minimum Gasteiger partial charge on any atom is -0.487 e. The molecule has 146 valence electrons. The smallest absolute Gasteiger partial charge is 0.130 e. The molecule has 4 rings (SSSR count). The monoisotopic (exact) mass is 378 g/mol. The predicted octanol–water partition coefficient (Wildman–Crippen LogP) is 3.45. The fourth-order valence-electron chi connectivity index (χ4n) is 3.36. The summed E-state index contributed by atoms with van der Waals surface area (Å²) in [5.41, 5.74) is 3.36. The summed E-state index contributed by atoms with van der Waals surface area (Å²) in [6, 6.07) is 14.2. The Morgan fingerprint density at radius 2 is 2.07 bits per heavy atom. The van der Waals surface area contributed by atoms with Crippen molar-refractivity contribution in [1.82, 2.24) is 19.7 Å². The summed E-state index contributed by atoms with van der Waals surface area (Å²) in [4.78, 5) is 6.71. The molecule has 0 bridgehead atoms. The molecular formula is C22H26N4O2. The van der Waals surface area contributed by atoms with Gasteiger partial charge >= 0.3 is 0 Å². The lowest BCUT2D eigenvalue weighted by atomic mass is 10.1. The average Bonchev–Trinajstić information content (AvgIpc) is 3.24. The van der Waals surface area contributed by atoms with Gasteiger partial charge in [-0.15, -0.1) is 0 Å². The van der Waals surface area contributed by atoms with Crippen LogP contribution in [0.4, 0.5) is 0 Å². The molecule has 1 saturated heterocycles. The van der Waals surface area contributed by atoms with E-state index in [4.69, 9.17) is 9.47 Å². The van der Waals surface area contributed by atoms with Gasteiger partial charge in [-0.2, -0.15) is 5.10 Å². The van der Waals surface area contributed by atoms with Crippen molar-refractivity contribution in [2.24, 2.45) is 0 Å². The first-order chi connectivity index (χ1) is 13.8. The Balaban J connectivity index is 1.31. The van der Waals surface area contributed by atoms with Crippen molar-refractivity contribution in [2.45, 2.75) is 32.7 Å². The molecule has 6 nitrogen and oxygen atoms in total.